The highest BCUT2D eigenvalue weighted by Crippen LogP contribution is 2.25. The summed E-state index contributed by atoms with van der Waals surface area (Å²) < 4.78 is 11.0. The molecule has 0 aliphatic carbocycles. The highest BCUT2D eigenvalue weighted by atomic mass is 16.6. The van der Waals surface area contributed by atoms with Crippen LogP contribution in [0.5, 0.6) is 11.5 Å². The van der Waals surface area contributed by atoms with Crippen LogP contribution in [0, 0.1) is 13.8 Å². The molecule has 0 unspecified atom stereocenters. The summed E-state index contributed by atoms with van der Waals surface area (Å²) >= 11 is 0. The predicted molar refractivity (Wildman–Crippen MR) is 91.0 cm³/mol. The van der Waals surface area contributed by atoms with E-state index in [-0.39, 0.29) is 6.61 Å². The van der Waals surface area contributed by atoms with E-state index in [1.165, 1.54) is 0 Å². The molecule has 0 aliphatic heterocycles. The Kier molecular flexibility index (Phi) is 4.29. The molecule has 3 nitrogen and oxygen atoms in total. The van der Waals surface area contributed by atoms with Crippen LogP contribution in [-0.2, 0) is 4.79 Å². The number of hydrogen-bond donors (Lipinski definition) is 0. The number of aryl methyl sites for hydroxylation is 2. The van der Waals surface area contributed by atoms with Crippen LogP contribution < -0.4 is 9.47 Å². The number of carbonyl (C=O) groups is 1. The number of rotatable bonds is 4. The molecule has 0 saturated heterocycles. The maximum Gasteiger partial charge on any atom is 0.349 e. The van der Waals surface area contributed by atoms with Gasteiger partial charge in [0.05, 0.1) is 0 Å². The van der Waals surface area contributed by atoms with Gasteiger partial charge in [-0.1, -0.05) is 54.1 Å². The van der Waals surface area contributed by atoms with Gasteiger partial charge in [0.1, 0.15) is 11.5 Å². The van der Waals surface area contributed by atoms with Gasteiger partial charge in [0.15, 0.2) is 6.61 Å². The second-order valence-corrected chi connectivity index (χ2v) is 5.51. The molecule has 3 aromatic rings. The molecule has 116 valence electrons. The van der Waals surface area contributed by atoms with Gasteiger partial charge >= 0.3 is 5.97 Å². The molecule has 0 bridgehead atoms. The van der Waals surface area contributed by atoms with Crippen molar-refractivity contribution in [2.45, 2.75) is 13.8 Å². The second kappa shape index (κ2) is 6.53. The van der Waals surface area contributed by atoms with E-state index in [1.807, 2.05) is 68.4 Å². The molecule has 0 radical (unpaired) electrons. The van der Waals surface area contributed by atoms with Gasteiger partial charge in [-0.3, -0.25) is 0 Å². The SMILES string of the molecule is Cc1ccc(OCC(=O)Oc2cccc3ccccc23)c(C)c1. The topological polar surface area (TPSA) is 35.5 Å². The highest BCUT2D eigenvalue weighted by molar-refractivity contribution is 5.90. The average Bonchev–Trinajstić information content (AvgIpc) is 2.54. The van der Waals surface area contributed by atoms with Gasteiger partial charge in [-0.15, -0.1) is 0 Å². The van der Waals surface area contributed by atoms with Crippen LogP contribution in [0.15, 0.2) is 60.7 Å². The minimum Gasteiger partial charge on any atom is -0.482 e. The Morgan fingerprint density at radius 1 is 0.913 bits per heavy atom. The zero-order valence-corrected chi connectivity index (χ0v) is 13.2. The molecule has 0 fully saturated rings. The fraction of sp³-hybridized carbons (Fsp3) is 0.150. The zero-order valence-electron chi connectivity index (χ0n) is 13.2. The third-order valence-electron chi connectivity index (χ3n) is 3.65. The summed E-state index contributed by atoms with van der Waals surface area (Å²) in [6.07, 6.45) is 0. The molecule has 0 heterocycles. The Hall–Kier alpha value is -2.81. The highest BCUT2D eigenvalue weighted by Gasteiger charge is 2.10. The van der Waals surface area contributed by atoms with Crippen molar-refractivity contribution >= 4 is 16.7 Å². The summed E-state index contributed by atoms with van der Waals surface area (Å²) in [6.45, 7) is 3.86. The van der Waals surface area contributed by atoms with Crippen molar-refractivity contribution in [3.05, 3.63) is 71.8 Å². The molecule has 0 N–H and O–H groups in total. The Bertz CT molecular complexity index is 847. The summed E-state index contributed by atoms with van der Waals surface area (Å²) in [5.74, 6) is 0.837. The summed E-state index contributed by atoms with van der Waals surface area (Å²) in [4.78, 5) is 12.1. The zero-order chi connectivity index (χ0) is 16.2. The maximum absolute atomic E-state index is 12.1. The normalized spacial score (nSPS) is 10.5. The van der Waals surface area contributed by atoms with Crippen molar-refractivity contribution in [1.29, 1.82) is 0 Å². The smallest absolute Gasteiger partial charge is 0.349 e. The Morgan fingerprint density at radius 3 is 2.52 bits per heavy atom. The number of esters is 1. The number of benzene rings is 3. The molecular weight excluding hydrogens is 288 g/mol. The first kappa shape index (κ1) is 15.1. The van der Waals surface area contributed by atoms with Crippen LogP contribution in [0.1, 0.15) is 11.1 Å². The number of carbonyl (C=O) groups excluding carboxylic acids is 1. The van der Waals surface area contributed by atoms with Crippen molar-refractivity contribution in [1.82, 2.24) is 0 Å². The van der Waals surface area contributed by atoms with Crippen LogP contribution in [0.2, 0.25) is 0 Å². The molecule has 3 heteroatoms. The monoisotopic (exact) mass is 306 g/mol. The molecule has 0 spiro atoms. The lowest BCUT2D eigenvalue weighted by Gasteiger charge is -2.10. The Labute approximate surface area is 135 Å². The van der Waals surface area contributed by atoms with Gasteiger partial charge in [0.2, 0.25) is 0 Å². The Morgan fingerprint density at radius 2 is 1.70 bits per heavy atom. The fourth-order valence-electron chi connectivity index (χ4n) is 2.53. The van der Waals surface area contributed by atoms with E-state index in [4.69, 9.17) is 9.47 Å². The summed E-state index contributed by atoms with van der Waals surface area (Å²) in [5.41, 5.74) is 2.16. The minimum atomic E-state index is -0.415. The van der Waals surface area contributed by atoms with Crippen molar-refractivity contribution in [2.24, 2.45) is 0 Å². The van der Waals surface area contributed by atoms with Crippen molar-refractivity contribution in [2.75, 3.05) is 6.61 Å². The third kappa shape index (κ3) is 3.51. The first-order valence-corrected chi connectivity index (χ1v) is 7.52. The third-order valence-corrected chi connectivity index (χ3v) is 3.65. The van der Waals surface area contributed by atoms with Gasteiger partial charge in [-0.05, 0) is 36.9 Å². The molecule has 0 atom stereocenters. The van der Waals surface area contributed by atoms with Crippen LogP contribution in [-0.4, -0.2) is 12.6 Å². The molecule has 0 amide bonds. The number of ether oxygens (including phenoxy) is 2. The van der Waals surface area contributed by atoms with Crippen LogP contribution in [0.25, 0.3) is 10.8 Å². The van der Waals surface area contributed by atoms with Crippen LogP contribution in [0.3, 0.4) is 0 Å². The van der Waals surface area contributed by atoms with Crippen LogP contribution >= 0.6 is 0 Å². The lowest BCUT2D eigenvalue weighted by Crippen LogP contribution is -2.18. The van der Waals surface area contributed by atoms with Gasteiger partial charge < -0.3 is 9.47 Å². The van der Waals surface area contributed by atoms with Crippen molar-refractivity contribution in [3.8, 4) is 11.5 Å². The van der Waals surface area contributed by atoms with Crippen molar-refractivity contribution in [3.63, 3.8) is 0 Å². The Balaban J connectivity index is 1.69. The summed E-state index contributed by atoms with van der Waals surface area (Å²) in [7, 11) is 0. The lowest BCUT2D eigenvalue weighted by atomic mass is 10.1. The summed E-state index contributed by atoms with van der Waals surface area (Å²) in [5, 5.41) is 1.95. The van der Waals surface area contributed by atoms with Gasteiger partial charge in [-0.25, -0.2) is 4.79 Å². The van der Waals surface area contributed by atoms with Gasteiger partial charge in [0, 0.05) is 5.39 Å². The number of hydrogen-bond acceptors (Lipinski definition) is 3. The van der Waals surface area contributed by atoms with Gasteiger partial charge in [0.25, 0.3) is 0 Å². The van der Waals surface area contributed by atoms with E-state index < -0.39 is 5.97 Å². The first-order chi connectivity index (χ1) is 11.1. The van der Waals surface area contributed by atoms with Crippen LogP contribution in [0.4, 0.5) is 0 Å². The molecule has 0 aliphatic rings. The van der Waals surface area contributed by atoms with Gasteiger partial charge in [-0.2, -0.15) is 0 Å². The molecule has 0 saturated carbocycles. The van der Waals surface area contributed by atoms with E-state index in [0.717, 1.165) is 21.9 Å². The molecular formula is C20H18O3. The first-order valence-electron chi connectivity index (χ1n) is 7.52. The minimum absolute atomic E-state index is 0.118. The second-order valence-electron chi connectivity index (χ2n) is 5.51. The fourth-order valence-corrected chi connectivity index (χ4v) is 2.53. The molecule has 0 aromatic heterocycles. The molecule has 23 heavy (non-hydrogen) atoms. The lowest BCUT2D eigenvalue weighted by molar-refractivity contribution is -0.136. The van der Waals surface area contributed by atoms with E-state index in [9.17, 15) is 4.79 Å². The summed E-state index contributed by atoms with van der Waals surface area (Å²) in [6, 6.07) is 19.3. The standard InChI is InChI=1S/C20H18O3/c1-14-10-11-18(15(2)12-14)22-13-20(21)23-19-9-5-7-16-6-3-4-8-17(16)19/h3-12H,13H2,1-2H3. The quantitative estimate of drug-likeness (QED) is 0.528. The average molecular weight is 306 g/mol. The van der Waals surface area contributed by atoms with E-state index >= 15 is 0 Å². The maximum atomic E-state index is 12.1. The predicted octanol–water partition coefficient (Wildman–Crippen LogP) is 4.44. The van der Waals surface area contributed by atoms with E-state index in [1.54, 1.807) is 6.07 Å². The van der Waals surface area contributed by atoms with E-state index in [0.29, 0.717) is 11.5 Å². The van der Waals surface area contributed by atoms with E-state index in [2.05, 4.69) is 0 Å². The van der Waals surface area contributed by atoms with Crippen molar-refractivity contribution < 1.29 is 14.3 Å². The number of fused-ring (bicyclic) bond motifs is 1. The molecule has 3 rings (SSSR count). The molecule has 3 aromatic carbocycles. The largest absolute Gasteiger partial charge is 0.482 e.